The van der Waals surface area contributed by atoms with Crippen molar-refractivity contribution in [2.45, 2.75) is 45.3 Å². The zero-order chi connectivity index (χ0) is 19.5. The highest BCUT2D eigenvalue weighted by atomic mass is 19.4. The molecule has 1 heterocycles. The molecular weight excluding hydrogens is 345 g/mol. The fraction of sp³-hybridized carbons (Fsp3) is 0.579. The quantitative estimate of drug-likeness (QED) is 0.825. The first-order valence-electron chi connectivity index (χ1n) is 8.71. The molecule has 0 aromatic heterocycles. The highest BCUT2D eigenvalue weighted by Crippen LogP contribution is 2.29. The Hall–Kier alpha value is -1.89. The average Bonchev–Trinajstić information content (AvgIpc) is 2.58. The Morgan fingerprint density at radius 3 is 2.31 bits per heavy atom. The van der Waals surface area contributed by atoms with Gasteiger partial charge in [0.15, 0.2) is 5.78 Å². The van der Waals surface area contributed by atoms with E-state index in [0.717, 1.165) is 25.2 Å². The number of rotatable bonds is 4. The Morgan fingerprint density at radius 2 is 1.77 bits per heavy atom. The molecule has 0 bridgehead atoms. The lowest BCUT2D eigenvalue weighted by molar-refractivity contribution is -0.137. The third kappa shape index (κ3) is 5.30. The number of halogens is 3. The number of carbonyl (C=O) groups excluding carboxylic acids is 2. The van der Waals surface area contributed by atoms with Gasteiger partial charge in [-0.1, -0.05) is 12.1 Å². The van der Waals surface area contributed by atoms with Crippen molar-refractivity contribution in [1.82, 2.24) is 10.2 Å². The summed E-state index contributed by atoms with van der Waals surface area (Å²) in [6, 6.07) is 4.25. The molecule has 1 aliphatic heterocycles. The van der Waals surface area contributed by atoms with E-state index in [4.69, 9.17) is 0 Å². The lowest BCUT2D eigenvalue weighted by Crippen LogP contribution is -2.48. The maximum absolute atomic E-state index is 12.7. The first kappa shape index (κ1) is 20.4. The van der Waals surface area contributed by atoms with E-state index in [1.807, 2.05) is 0 Å². The second kappa shape index (κ2) is 7.78. The van der Waals surface area contributed by atoms with Crippen LogP contribution in [0.4, 0.5) is 13.2 Å². The third-order valence-electron chi connectivity index (χ3n) is 4.75. The molecule has 0 unspecified atom stereocenters. The molecule has 2 rings (SSSR count). The van der Waals surface area contributed by atoms with Crippen molar-refractivity contribution in [1.29, 1.82) is 0 Å². The SMILES string of the molecule is CC(C)(C)N1CCC(C(=O)NCC(=O)c2cccc(C(F)(F)F)c2)CC1. The van der Waals surface area contributed by atoms with Crippen molar-refractivity contribution in [2.75, 3.05) is 19.6 Å². The molecule has 0 radical (unpaired) electrons. The molecule has 1 N–H and O–H groups in total. The molecule has 0 saturated carbocycles. The van der Waals surface area contributed by atoms with E-state index in [0.29, 0.717) is 12.8 Å². The van der Waals surface area contributed by atoms with Gasteiger partial charge in [-0.2, -0.15) is 13.2 Å². The van der Waals surface area contributed by atoms with Gasteiger partial charge in [-0.05, 0) is 58.8 Å². The molecule has 0 spiro atoms. The number of likely N-dealkylation sites (tertiary alicyclic amines) is 1. The highest BCUT2D eigenvalue weighted by Gasteiger charge is 2.32. The molecule has 0 atom stereocenters. The fourth-order valence-electron chi connectivity index (χ4n) is 3.10. The van der Waals surface area contributed by atoms with Gasteiger partial charge < -0.3 is 5.32 Å². The van der Waals surface area contributed by atoms with Crippen molar-refractivity contribution >= 4 is 11.7 Å². The molecule has 1 amide bonds. The first-order chi connectivity index (χ1) is 12.0. The summed E-state index contributed by atoms with van der Waals surface area (Å²) >= 11 is 0. The van der Waals surface area contributed by atoms with Crippen LogP contribution in [-0.2, 0) is 11.0 Å². The van der Waals surface area contributed by atoms with Gasteiger partial charge in [-0.25, -0.2) is 0 Å². The second-order valence-electron chi connectivity index (χ2n) is 7.65. The number of benzene rings is 1. The largest absolute Gasteiger partial charge is 0.416 e. The summed E-state index contributed by atoms with van der Waals surface area (Å²) in [5, 5.41) is 2.57. The monoisotopic (exact) mass is 370 g/mol. The molecule has 26 heavy (non-hydrogen) atoms. The van der Waals surface area contributed by atoms with Gasteiger partial charge in [0.1, 0.15) is 0 Å². The molecular formula is C19H25F3N2O2. The molecule has 1 fully saturated rings. The number of nitrogens with zero attached hydrogens (tertiary/aromatic N) is 1. The van der Waals surface area contributed by atoms with E-state index in [9.17, 15) is 22.8 Å². The van der Waals surface area contributed by atoms with Crippen LogP contribution >= 0.6 is 0 Å². The molecule has 1 aliphatic rings. The van der Waals surface area contributed by atoms with E-state index in [1.165, 1.54) is 12.1 Å². The number of carbonyl (C=O) groups is 2. The van der Waals surface area contributed by atoms with Crippen molar-refractivity contribution in [3.05, 3.63) is 35.4 Å². The van der Waals surface area contributed by atoms with Crippen LogP contribution in [0.25, 0.3) is 0 Å². The van der Waals surface area contributed by atoms with E-state index in [-0.39, 0.29) is 29.5 Å². The van der Waals surface area contributed by atoms with Crippen molar-refractivity contribution in [2.24, 2.45) is 5.92 Å². The van der Waals surface area contributed by atoms with Gasteiger partial charge in [0.05, 0.1) is 12.1 Å². The lowest BCUT2D eigenvalue weighted by Gasteiger charge is -2.40. The minimum absolute atomic E-state index is 0.0531. The number of Topliss-reactive ketones (excluding diaryl/α,β-unsaturated/α-hetero) is 1. The van der Waals surface area contributed by atoms with Crippen LogP contribution in [0, 0.1) is 5.92 Å². The number of hydrogen-bond donors (Lipinski definition) is 1. The number of nitrogens with one attached hydrogen (secondary N) is 1. The maximum Gasteiger partial charge on any atom is 0.416 e. The van der Waals surface area contributed by atoms with Crippen LogP contribution in [0.2, 0.25) is 0 Å². The molecule has 1 aromatic rings. The van der Waals surface area contributed by atoms with Gasteiger partial charge in [0.2, 0.25) is 5.91 Å². The Morgan fingerprint density at radius 1 is 1.15 bits per heavy atom. The summed E-state index contributed by atoms with van der Waals surface area (Å²) < 4.78 is 38.2. The molecule has 1 aromatic carbocycles. The molecule has 4 nitrogen and oxygen atoms in total. The van der Waals surface area contributed by atoms with E-state index < -0.39 is 17.5 Å². The minimum atomic E-state index is -4.50. The predicted octanol–water partition coefficient (Wildman–Crippen LogP) is 3.51. The molecule has 7 heteroatoms. The summed E-state index contributed by atoms with van der Waals surface area (Å²) in [5.74, 6) is -0.904. The van der Waals surface area contributed by atoms with Crippen molar-refractivity contribution in [3.8, 4) is 0 Å². The van der Waals surface area contributed by atoms with Gasteiger partial charge in [-0.15, -0.1) is 0 Å². The van der Waals surface area contributed by atoms with E-state index in [2.05, 4.69) is 31.0 Å². The Kier molecular flexibility index (Phi) is 6.11. The third-order valence-corrected chi connectivity index (χ3v) is 4.75. The van der Waals surface area contributed by atoms with Crippen molar-refractivity contribution < 1.29 is 22.8 Å². The van der Waals surface area contributed by atoms with Gasteiger partial charge in [0, 0.05) is 17.0 Å². The summed E-state index contributed by atoms with van der Waals surface area (Å²) in [6.07, 6.45) is -3.08. The van der Waals surface area contributed by atoms with E-state index in [1.54, 1.807) is 0 Å². The zero-order valence-electron chi connectivity index (χ0n) is 15.3. The van der Waals surface area contributed by atoms with Crippen LogP contribution in [0.5, 0.6) is 0 Å². The summed E-state index contributed by atoms with van der Waals surface area (Å²) in [4.78, 5) is 26.7. The highest BCUT2D eigenvalue weighted by molar-refractivity contribution is 5.99. The second-order valence-corrected chi connectivity index (χ2v) is 7.65. The fourth-order valence-corrected chi connectivity index (χ4v) is 3.10. The first-order valence-corrected chi connectivity index (χ1v) is 8.71. The van der Waals surface area contributed by atoms with Crippen LogP contribution in [0.1, 0.15) is 49.5 Å². The Balaban J connectivity index is 1.87. The number of amides is 1. The minimum Gasteiger partial charge on any atom is -0.348 e. The maximum atomic E-state index is 12.7. The summed E-state index contributed by atoms with van der Waals surface area (Å²) in [6.45, 7) is 7.70. The van der Waals surface area contributed by atoms with Crippen LogP contribution in [0.15, 0.2) is 24.3 Å². The van der Waals surface area contributed by atoms with Gasteiger partial charge >= 0.3 is 6.18 Å². The number of hydrogen-bond acceptors (Lipinski definition) is 3. The topological polar surface area (TPSA) is 49.4 Å². The smallest absolute Gasteiger partial charge is 0.348 e. The van der Waals surface area contributed by atoms with Crippen LogP contribution in [0.3, 0.4) is 0 Å². The van der Waals surface area contributed by atoms with Crippen LogP contribution in [-0.4, -0.2) is 41.8 Å². The Labute approximate surface area is 151 Å². The average molecular weight is 370 g/mol. The zero-order valence-corrected chi connectivity index (χ0v) is 15.3. The molecule has 0 aliphatic carbocycles. The normalized spacial score (nSPS) is 17.2. The Bertz CT molecular complexity index is 657. The number of ketones is 1. The molecule has 144 valence electrons. The van der Waals surface area contributed by atoms with Crippen LogP contribution < -0.4 is 5.32 Å². The lowest BCUT2D eigenvalue weighted by atomic mass is 9.92. The van der Waals surface area contributed by atoms with Crippen molar-refractivity contribution in [3.63, 3.8) is 0 Å². The van der Waals surface area contributed by atoms with Gasteiger partial charge in [0.25, 0.3) is 0 Å². The number of alkyl halides is 3. The summed E-state index contributed by atoms with van der Waals surface area (Å²) in [7, 11) is 0. The standard InChI is InChI=1S/C19H25F3N2O2/c1-18(2,3)24-9-7-13(8-10-24)17(26)23-12-16(25)14-5-4-6-15(11-14)19(20,21)22/h4-6,11,13H,7-10,12H2,1-3H3,(H,23,26). The van der Waals surface area contributed by atoms with E-state index >= 15 is 0 Å². The summed E-state index contributed by atoms with van der Waals surface area (Å²) in [5.41, 5.74) is -0.868. The predicted molar refractivity (Wildman–Crippen MR) is 92.8 cm³/mol. The molecule has 1 saturated heterocycles. The number of piperidine rings is 1. The van der Waals surface area contributed by atoms with Gasteiger partial charge in [-0.3, -0.25) is 14.5 Å².